The van der Waals surface area contributed by atoms with Crippen LogP contribution in [0.4, 0.5) is 19.0 Å². The molecule has 0 saturated carbocycles. The number of hydrogen-bond donors (Lipinski definition) is 2. The fourth-order valence-electron chi connectivity index (χ4n) is 7.38. The third-order valence-corrected chi connectivity index (χ3v) is 10.2. The maximum atomic E-state index is 13.4. The zero-order valence-corrected chi connectivity index (χ0v) is 29.3. The van der Waals surface area contributed by atoms with Crippen molar-refractivity contribution in [1.82, 2.24) is 29.7 Å². The molecule has 3 aromatic rings. The molecule has 2 N–H and O–H groups in total. The molecular formula is C37H51F3N8. The van der Waals surface area contributed by atoms with Gasteiger partial charge in [0.15, 0.2) is 0 Å². The molecule has 3 unspecified atom stereocenters. The van der Waals surface area contributed by atoms with Gasteiger partial charge in [0, 0.05) is 80.4 Å². The standard InChI is InChI=1S/C37H51F3N8/c1-7-24(2)30(18-37(38,39)40)16-34-28(6)42-23-43-36(34)45-31-10-12-46(13-11-31)22-29-8-9-35-33(27(29)5)17-32(19-41)48(35)15-14-47-20-25(3)44-26(4)21-47/h8-9,16-17,23-26,31,44H,7,10-15,18,20-22H2,1-6H3,(H,42,43,45)/b30-16-. The number of fused-ring (bicyclic) bond motifs is 1. The number of benzene rings is 1. The van der Waals surface area contributed by atoms with Crippen LogP contribution < -0.4 is 10.6 Å². The Labute approximate surface area is 283 Å². The molecule has 2 saturated heterocycles. The summed E-state index contributed by atoms with van der Waals surface area (Å²) >= 11 is 0. The second kappa shape index (κ2) is 15.4. The molecular weight excluding hydrogens is 613 g/mol. The van der Waals surface area contributed by atoms with Gasteiger partial charge in [-0.05, 0) is 82.2 Å². The van der Waals surface area contributed by atoms with Crippen LogP contribution in [0.1, 0.15) is 81.5 Å². The van der Waals surface area contributed by atoms with Crippen LogP contribution in [0.25, 0.3) is 17.0 Å². The molecule has 0 spiro atoms. The lowest BCUT2D eigenvalue weighted by molar-refractivity contribution is -0.128. The Morgan fingerprint density at radius 3 is 2.46 bits per heavy atom. The lowest BCUT2D eigenvalue weighted by Crippen LogP contribution is -2.54. The molecule has 0 aliphatic carbocycles. The normalized spacial score (nSPS) is 21.0. The minimum Gasteiger partial charge on any atom is -0.367 e. The SMILES string of the molecule is CCC(C)/C(=C\c1c(C)ncnc1NC1CCN(Cc2ccc3c(cc(C#N)n3CCN3CC(C)NC(C)C3)c2C)CC1)CC(F)(F)F. The van der Waals surface area contributed by atoms with Crippen molar-refractivity contribution in [2.24, 2.45) is 5.92 Å². The largest absolute Gasteiger partial charge is 0.392 e. The van der Waals surface area contributed by atoms with Crippen molar-refractivity contribution < 1.29 is 13.2 Å². The Morgan fingerprint density at radius 2 is 1.81 bits per heavy atom. The lowest BCUT2D eigenvalue weighted by Gasteiger charge is -2.36. The Kier molecular flexibility index (Phi) is 11.5. The van der Waals surface area contributed by atoms with Gasteiger partial charge in [-0.1, -0.05) is 25.5 Å². The van der Waals surface area contributed by atoms with Gasteiger partial charge in [0.05, 0.1) is 12.1 Å². The molecule has 8 nitrogen and oxygen atoms in total. The summed E-state index contributed by atoms with van der Waals surface area (Å²) in [5, 5.41) is 18.3. The second-order valence-electron chi connectivity index (χ2n) is 14.0. The summed E-state index contributed by atoms with van der Waals surface area (Å²) in [6.07, 6.45) is 0.351. The summed E-state index contributed by atoms with van der Waals surface area (Å²) in [4.78, 5) is 13.7. The maximum Gasteiger partial charge on any atom is 0.392 e. The summed E-state index contributed by atoms with van der Waals surface area (Å²) in [7, 11) is 0. The van der Waals surface area contributed by atoms with E-state index in [1.807, 2.05) is 26.8 Å². The van der Waals surface area contributed by atoms with Gasteiger partial charge in [0.1, 0.15) is 23.9 Å². The van der Waals surface area contributed by atoms with Gasteiger partial charge in [0.25, 0.3) is 0 Å². The van der Waals surface area contributed by atoms with Crippen LogP contribution in [-0.4, -0.2) is 81.4 Å². The molecule has 11 heteroatoms. The van der Waals surface area contributed by atoms with Crippen LogP contribution >= 0.6 is 0 Å². The Morgan fingerprint density at radius 1 is 1.10 bits per heavy atom. The molecule has 260 valence electrons. The van der Waals surface area contributed by atoms with E-state index < -0.39 is 12.6 Å². The van der Waals surface area contributed by atoms with E-state index in [-0.39, 0.29) is 12.0 Å². The highest BCUT2D eigenvalue weighted by molar-refractivity contribution is 5.86. The van der Waals surface area contributed by atoms with Gasteiger partial charge < -0.3 is 15.2 Å². The van der Waals surface area contributed by atoms with E-state index in [0.29, 0.717) is 46.8 Å². The van der Waals surface area contributed by atoms with Crippen molar-refractivity contribution in [3.8, 4) is 6.07 Å². The zero-order chi connectivity index (χ0) is 34.6. The number of hydrogen-bond acceptors (Lipinski definition) is 7. The average molecular weight is 665 g/mol. The number of nitrogens with one attached hydrogen (secondary N) is 2. The van der Waals surface area contributed by atoms with Crippen molar-refractivity contribution in [2.75, 3.05) is 38.0 Å². The first-order chi connectivity index (χ1) is 22.8. The first-order valence-electron chi connectivity index (χ1n) is 17.4. The van der Waals surface area contributed by atoms with Gasteiger partial charge in [0.2, 0.25) is 0 Å². The number of likely N-dealkylation sites (tertiary alicyclic amines) is 1. The molecule has 0 amide bonds. The van der Waals surface area contributed by atoms with Crippen LogP contribution in [0, 0.1) is 31.1 Å². The van der Waals surface area contributed by atoms with E-state index >= 15 is 0 Å². The fraction of sp³-hybridized carbons (Fsp3) is 0.595. The zero-order valence-electron chi connectivity index (χ0n) is 29.3. The van der Waals surface area contributed by atoms with Gasteiger partial charge in [-0.25, -0.2) is 9.97 Å². The quantitative estimate of drug-likeness (QED) is 0.227. The molecule has 4 heterocycles. The average Bonchev–Trinajstić information content (AvgIpc) is 3.40. The highest BCUT2D eigenvalue weighted by Gasteiger charge is 2.31. The number of aryl methyl sites for hydroxylation is 2. The topological polar surface area (TPSA) is 85.0 Å². The molecule has 48 heavy (non-hydrogen) atoms. The molecule has 3 atom stereocenters. The molecule has 2 aromatic heterocycles. The Bertz CT molecular complexity index is 1620. The summed E-state index contributed by atoms with van der Waals surface area (Å²) in [5.74, 6) is 0.407. The molecule has 2 aliphatic rings. The first kappa shape index (κ1) is 35.8. The number of nitriles is 1. The van der Waals surface area contributed by atoms with Crippen molar-refractivity contribution in [3.05, 3.63) is 58.2 Å². The number of allylic oxidation sites excluding steroid dienone is 1. The van der Waals surface area contributed by atoms with Crippen molar-refractivity contribution >= 4 is 22.8 Å². The number of alkyl halides is 3. The van der Waals surface area contributed by atoms with Crippen molar-refractivity contribution in [2.45, 2.75) is 105 Å². The number of halogens is 3. The molecule has 2 fully saturated rings. The molecule has 0 bridgehead atoms. The first-order valence-corrected chi connectivity index (χ1v) is 17.4. The van der Waals surface area contributed by atoms with Crippen LogP contribution in [0.5, 0.6) is 0 Å². The van der Waals surface area contributed by atoms with Crippen LogP contribution in [0.15, 0.2) is 30.1 Å². The summed E-state index contributed by atoms with van der Waals surface area (Å²) < 4.78 is 42.4. The highest BCUT2D eigenvalue weighted by atomic mass is 19.4. The monoisotopic (exact) mass is 664 g/mol. The van der Waals surface area contributed by atoms with Gasteiger partial charge in [-0.2, -0.15) is 18.4 Å². The Hall–Kier alpha value is -3.46. The number of rotatable bonds is 11. The van der Waals surface area contributed by atoms with Gasteiger partial charge in [-0.3, -0.25) is 9.80 Å². The molecule has 5 rings (SSSR count). The number of aromatic nitrogens is 3. The fourth-order valence-corrected chi connectivity index (χ4v) is 7.38. The molecule has 2 aliphatic heterocycles. The third-order valence-electron chi connectivity index (χ3n) is 10.2. The second-order valence-corrected chi connectivity index (χ2v) is 14.0. The minimum atomic E-state index is -4.27. The third kappa shape index (κ3) is 8.76. The van der Waals surface area contributed by atoms with Crippen molar-refractivity contribution in [3.63, 3.8) is 0 Å². The predicted molar refractivity (Wildman–Crippen MR) is 187 cm³/mol. The van der Waals surface area contributed by atoms with Crippen LogP contribution in [-0.2, 0) is 13.1 Å². The maximum absolute atomic E-state index is 13.4. The van der Waals surface area contributed by atoms with Crippen molar-refractivity contribution in [1.29, 1.82) is 5.26 Å². The van der Waals surface area contributed by atoms with E-state index in [4.69, 9.17) is 0 Å². The molecule has 0 radical (unpaired) electrons. The lowest BCUT2D eigenvalue weighted by atomic mass is 9.93. The summed E-state index contributed by atoms with van der Waals surface area (Å²) in [5.41, 5.74) is 5.97. The highest BCUT2D eigenvalue weighted by Crippen LogP contribution is 2.33. The number of nitrogens with zero attached hydrogens (tertiary/aromatic N) is 6. The minimum absolute atomic E-state index is 0.162. The van der Waals surface area contributed by atoms with Crippen LogP contribution in [0.2, 0.25) is 0 Å². The van der Waals surface area contributed by atoms with Gasteiger partial charge >= 0.3 is 6.18 Å². The van der Waals surface area contributed by atoms with E-state index in [1.165, 1.54) is 17.5 Å². The van der Waals surface area contributed by atoms with E-state index in [2.05, 4.69) is 73.9 Å². The van der Waals surface area contributed by atoms with Crippen LogP contribution in [0.3, 0.4) is 0 Å². The molecule has 1 aromatic carbocycles. The summed E-state index contributed by atoms with van der Waals surface area (Å²) in [6.45, 7) is 18.5. The predicted octanol–water partition coefficient (Wildman–Crippen LogP) is 7.06. The number of anilines is 1. The Balaban J connectivity index is 1.24. The smallest absolute Gasteiger partial charge is 0.367 e. The summed E-state index contributed by atoms with van der Waals surface area (Å²) in [6, 6.07) is 9.95. The van der Waals surface area contributed by atoms with E-state index in [0.717, 1.165) is 69.6 Å². The number of piperidine rings is 1. The van der Waals surface area contributed by atoms with Gasteiger partial charge in [-0.15, -0.1) is 0 Å². The number of piperazine rings is 1. The van der Waals surface area contributed by atoms with E-state index in [9.17, 15) is 18.4 Å². The van der Waals surface area contributed by atoms with E-state index in [1.54, 1.807) is 6.08 Å².